The Balaban J connectivity index is 1.74. The molecule has 1 aromatic rings. The molecule has 17 heavy (non-hydrogen) atoms. The third kappa shape index (κ3) is 3.98. The summed E-state index contributed by atoms with van der Waals surface area (Å²) in [6, 6.07) is 4.04. The largest absolute Gasteiger partial charge is 0.270 e. The molecule has 92 valence electrons. The fourth-order valence-electron chi connectivity index (χ4n) is 1.88. The van der Waals surface area contributed by atoms with Crippen LogP contribution in [0.1, 0.15) is 35.4 Å². The van der Waals surface area contributed by atoms with Gasteiger partial charge in [0.1, 0.15) is 0 Å². The van der Waals surface area contributed by atoms with Gasteiger partial charge in [0.05, 0.1) is 6.10 Å². The standard InChI is InChI=1S/C13H17NO2S/c1-10-6-7-12(17-10)8-9-13(15)14-16-11-4-2-3-5-11/h6-9,11H,2-5H2,1H3,(H,14,15)/b9-8+. The highest BCUT2D eigenvalue weighted by Crippen LogP contribution is 2.20. The van der Waals surface area contributed by atoms with Crippen LogP contribution < -0.4 is 5.48 Å². The van der Waals surface area contributed by atoms with E-state index in [0.717, 1.165) is 17.7 Å². The Morgan fingerprint density at radius 2 is 2.24 bits per heavy atom. The van der Waals surface area contributed by atoms with E-state index >= 15 is 0 Å². The number of aryl methyl sites for hydroxylation is 1. The van der Waals surface area contributed by atoms with Crippen LogP contribution >= 0.6 is 11.3 Å². The lowest BCUT2D eigenvalue weighted by Gasteiger charge is -2.09. The Kier molecular flexibility index (Phi) is 4.34. The normalized spacial score (nSPS) is 16.8. The minimum atomic E-state index is -0.192. The van der Waals surface area contributed by atoms with Crippen molar-refractivity contribution in [2.24, 2.45) is 0 Å². The van der Waals surface area contributed by atoms with Crippen molar-refractivity contribution in [2.45, 2.75) is 38.7 Å². The fraction of sp³-hybridized carbons (Fsp3) is 0.462. The minimum absolute atomic E-state index is 0.192. The van der Waals surface area contributed by atoms with Gasteiger partial charge in [-0.2, -0.15) is 0 Å². The number of hydrogen-bond acceptors (Lipinski definition) is 3. The minimum Gasteiger partial charge on any atom is -0.270 e. The molecule has 1 saturated carbocycles. The average molecular weight is 251 g/mol. The maximum atomic E-state index is 11.5. The van der Waals surface area contributed by atoms with Gasteiger partial charge in [-0.25, -0.2) is 5.48 Å². The molecule has 4 heteroatoms. The zero-order chi connectivity index (χ0) is 12.1. The third-order valence-corrected chi connectivity index (χ3v) is 3.75. The average Bonchev–Trinajstić information content (AvgIpc) is 2.95. The number of carbonyl (C=O) groups excluding carboxylic acids is 1. The Morgan fingerprint density at radius 1 is 1.47 bits per heavy atom. The summed E-state index contributed by atoms with van der Waals surface area (Å²) >= 11 is 1.67. The molecule has 1 aromatic heterocycles. The van der Waals surface area contributed by atoms with Crippen LogP contribution in [0.3, 0.4) is 0 Å². The van der Waals surface area contributed by atoms with E-state index in [0.29, 0.717) is 0 Å². The van der Waals surface area contributed by atoms with Crippen LogP contribution in [0.5, 0.6) is 0 Å². The van der Waals surface area contributed by atoms with Gasteiger partial charge in [-0.1, -0.05) is 12.8 Å². The Morgan fingerprint density at radius 3 is 2.88 bits per heavy atom. The quantitative estimate of drug-likeness (QED) is 0.659. The summed E-state index contributed by atoms with van der Waals surface area (Å²) in [5, 5.41) is 0. The van der Waals surface area contributed by atoms with E-state index in [4.69, 9.17) is 4.84 Å². The van der Waals surface area contributed by atoms with Crippen LogP contribution in [-0.4, -0.2) is 12.0 Å². The second-order valence-corrected chi connectivity index (χ2v) is 5.59. The number of amides is 1. The number of carbonyl (C=O) groups is 1. The second kappa shape index (κ2) is 5.98. The van der Waals surface area contributed by atoms with E-state index in [2.05, 4.69) is 5.48 Å². The van der Waals surface area contributed by atoms with Crippen molar-refractivity contribution in [3.63, 3.8) is 0 Å². The number of hydrogen-bond donors (Lipinski definition) is 1. The highest BCUT2D eigenvalue weighted by atomic mass is 32.1. The van der Waals surface area contributed by atoms with Crippen LogP contribution in [0.25, 0.3) is 6.08 Å². The SMILES string of the molecule is Cc1ccc(/C=C/C(=O)NOC2CCCC2)s1. The van der Waals surface area contributed by atoms with Crippen molar-refractivity contribution in [1.82, 2.24) is 5.48 Å². The van der Waals surface area contributed by atoms with E-state index in [1.165, 1.54) is 23.8 Å². The highest BCUT2D eigenvalue weighted by Gasteiger charge is 2.16. The molecule has 3 nitrogen and oxygen atoms in total. The lowest BCUT2D eigenvalue weighted by Crippen LogP contribution is -2.26. The van der Waals surface area contributed by atoms with Gasteiger partial charge >= 0.3 is 0 Å². The van der Waals surface area contributed by atoms with Crippen molar-refractivity contribution in [3.05, 3.63) is 28.0 Å². The highest BCUT2D eigenvalue weighted by molar-refractivity contribution is 7.12. The molecule has 2 rings (SSSR count). The Bertz CT molecular complexity index is 405. The zero-order valence-electron chi connectivity index (χ0n) is 9.94. The molecule has 1 heterocycles. The van der Waals surface area contributed by atoms with Crippen LogP contribution in [0.4, 0.5) is 0 Å². The van der Waals surface area contributed by atoms with Gasteiger partial charge in [0.2, 0.25) is 0 Å². The smallest absolute Gasteiger partial charge is 0.267 e. The molecule has 0 aromatic carbocycles. The zero-order valence-corrected chi connectivity index (χ0v) is 10.8. The van der Waals surface area contributed by atoms with Crippen LogP contribution in [0, 0.1) is 6.92 Å². The lowest BCUT2D eigenvalue weighted by atomic mass is 10.3. The topological polar surface area (TPSA) is 38.3 Å². The monoisotopic (exact) mass is 251 g/mol. The number of thiophene rings is 1. The number of nitrogens with one attached hydrogen (secondary N) is 1. The van der Waals surface area contributed by atoms with Crippen molar-refractivity contribution in [3.8, 4) is 0 Å². The van der Waals surface area contributed by atoms with Gasteiger partial charge < -0.3 is 0 Å². The molecule has 1 aliphatic carbocycles. The summed E-state index contributed by atoms with van der Waals surface area (Å²) in [7, 11) is 0. The van der Waals surface area contributed by atoms with Gasteiger partial charge in [-0.05, 0) is 38.0 Å². The van der Waals surface area contributed by atoms with Gasteiger partial charge in [0.15, 0.2) is 0 Å². The summed E-state index contributed by atoms with van der Waals surface area (Å²) in [5.41, 5.74) is 2.48. The van der Waals surface area contributed by atoms with Gasteiger partial charge in [-0.15, -0.1) is 11.3 Å². The summed E-state index contributed by atoms with van der Waals surface area (Å²) < 4.78 is 0. The second-order valence-electron chi connectivity index (χ2n) is 4.27. The van der Waals surface area contributed by atoms with Gasteiger partial charge in [-0.3, -0.25) is 9.63 Å². The first-order chi connectivity index (χ1) is 8.24. The fourth-order valence-corrected chi connectivity index (χ4v) is 2.66. The molecule has 1 amide bonds. The molecule has 0 bridgehead atoms. The maximum Gasteiger partial charge on any atom is 0.267 e. The summed E-state index contributed by atoms with van der Waals surface area (Å²) in [6.45, 7) is 2.05. The first kappa shape index (κ1) is 12.3. The Hall–Kier alpha value is -1.13. The van der Waals surface area contributed by atoms with Crippen molar-refractivity contribution >= 4 is 23.3 Å². The molecule has 1 N–H and O–H groups in total. The van der Waals surface area contributed by atoms with Crippen molar-refractivity contribution in [2.75, 3.05) is 0 Å². The first-order valence-electron chi connectivity index (χ1n) is 5.94. The molecule has 0 radical (unpaired) electrons. The summed E-state index contributed by atoms with van der Waals surface area (Å²) in [4.78, 5) is 19.1. The predicted octanol–water partition coefficient (Wildman–Crippen LogP) is 3.06. The molecule has 1 aliphatic rings. The molecule has 0 unspecified atom stereocenters. The summed E-state index contributed by atoms with van der Waals surface area (Å²) in [5.74, 6) is -0.192. The molecule has 1 fully saturated rings. The van der Waals surface area contributed by atoms with Gasteiger partial charge in [0, 0.05) is 15.8 Å². The Labute approximate surface area is 105 Å². The van der Waals surface area contributed by atoms with Gasteiger partial charge in [0.25, 0.3) is 5.91 Å². The van der Waals surface area contributed by atoms with Crippen molar-refractivity contribution < 1.29 is 9.63 Å². The van der Waals surface area contributed by atoms with Crippen LogP contribution in [-0.2, 0) is 9.63 Å². The number of hydroxylamine groups is 1. The molecule has 0 spiro atoms. The molecular formula is C13H17NO2S. The molecular weight excluding hydrogens is 234 g/mol. The van der Waals surface area contributed by atoms with Crippen LogP contribution in [0.15, 0.2) is 18.2 Å². The summed E-state index contributed by atoms with van der Waals surface area (Å²) in [6.07, 6.45) is 8.03. The van der Waals surface area contributed by atoms with E-state index in [1.807, 2.05) is 25.1 Å². The van der Waals surface area contributed by atoms with E-state index in [-0.39, 0.29) is 12.0 Å². The third-order valence-electron chi connectivity index (χ3n) is 2.79. The molecule has 0 aliphatic heterocycles. The van der Waals surface area contributed by atoms with E-state index in [9.17, 15) is 4.79 Å². The molecule has 0 atom stereocenters. The van der Waals surface area contributed by atoms with Crippen molar-refractivity contribution in [1.29, 1.82) is 0 Å². The van der Waals surface area contributed by atoms with Crippen LogP contribution in [0.2, 0.25) is 0 Å². The first-order valence-corrected chi connectivity index (χ1v) is 6.76. The van der Waals surface area contributed by atoms with E-state index in [1.54, 1.807) is 11.3 Å². The lowest BCUT2D eigenvalue weighted by molar-refractivity contribution is -0.132. The van der Waals surface area contributed by atoms with E-state index < -0.39 is 0 Å². The predicted molar refractivity (Wildman–Crippen MR) is 69.6 cm³/mol. The number of rotatable bonds is 4. The maximum absolute atomic E-state index is 11.5. The molecule has 0 saturated heterocycles.